The van der Waals surface area contributed by atoms with Crippen LogP contribution in [0.4, 0.5) is 0 Å². The molecule has 0 aliphatic carbocycles. The van der Waals surface area contributed by atoms with Crippen LogP contribution in [0.2, 0.25) is 0 Å². The number of hydrogen-bond donors (Lipinski definition) is 1. The highest BCUT2D eigenvalue weighted by atomic mass is 32.2. The number of nitrogens with zero attached hydrogens (tertiary/aromatic N) is 2. The van der Waals surface area contributed by atoms with E-state index in [-0.39, 0.29) is 11.6 Å². The summed E-state index contributed by atoms with van der Waals surface area (Å²) in [5, 5.41) is 0.794. The van der Waals surface area contributed by atoms with Crippen LogP contribution in [0, 0.1) is 13.8 Å². The summed E-state index contributed by atoms with van der Waals surface area (Å²) in [6, 6.07) is 10.5. The zero-order valence-corrected chi connectivity index (χ0v) is 15.4. The van der Waals surface area contributed by atoms with E-state index in [2.05, 4.69) is 50.0 Å². The molecule has 0 aliphatic heterocycles. The van der Waals surface area contributed by atoms with E-state index in [0.717, 1.165) is 28.5 Å². The SMILES string of the molecule is CCC(C)n1c(SCc2cccc(C)c2)nc2cc(C)[nH]c2c1=O. The summed E-state index contributed by atoms with van der Waals surface area (Å²) in [7, 11) is 0. The first-order chi connectivity index (χ1) is 11.5. The Labute approximate surface area is 146 Å². The van der Waals surface area contributed by atoms with Crippen LogP contribution < -0.4 is 5.56 Å². The Bertz CT molecular complexity index is 926. The van der Waals surface area contributed by atoms with Gasteiger partial charge in [-0.15, -0.1) is 0 Å². The lowest BCUT2D eigenvalue weighted by Gasteiger charge is -2.17. The molecule has 2 heterocycles. The van der Waals surface area contributed by atoms with E-state index < -0.39 is 0 Å². The van der Waals surface area contributed by atoms with Gasteiger partial charge in [-0.1, -0.05) is 48.5 Å². The summed E-state index contributed by atoms with van der Waals surface area (Å²) in [6.45, 7) is 8.21. The Kier molecular flexibility index (Phi) is 4.81. The molecule has 1 atom stereocenters. The largest absolute Gasteiger partial charge is 0.353 e. The Morgan fingerprint density at radius 1 is 1.29 bits per heavy atom. The molecule has 4 nitrogen and oxygen atoms in total. The number of nitrogens with one attached hydrogen (secondary N) is 1. The molecule has 0 aliphatic rings. The number of H-pyrrole nitrogens is 1. The first-order valence-corrected chi connectivity index (χ1v) is 9.28. The third-order valence-electron chi connectivity index (χ3n) is 4.27. The normalized spacial score (nSPS) is 12.7. The highest BCUT2D eigenvalue weighted by molar-refractivity contribution is 7.98. The van der Waals surface area contributed by atoms with Crippen molar-refractivity contribution in [2.45, 2.75) is 51.1 Å². The zero-order chi connectivity index (χ0) is 17.3. The highest BCUT2D eigenvalue weighted by Gasteiger charge is 2.17. The van der Waals surface area contributed by atoms with E-state index in [9.17, 15) is 4.79 Å². The van der Waals surface area contributed by atoms with Crippen molar-refractivity contribution in [2.24, 2.45) is 0 Å². The van der Waals surface area contributed by atoms with E-state index in [1.807, 2.05) is 17.6 Å². The minimum Gasteiger partial charge on any atom is -0.353 e. The van der Waals surface area contributed by atoms with Gasteiger partial charge in [0, 0.05) is 17.5 Å². The van der Waals surface area contributed by atoms with E-state index in [0.29, 0.717) is 5.52 Å². The van der Waals surface area contributed by atoms with Gasteiger partial charge < -0.3 is 4.98 Å². The van der Waals surface area contributed by atoms with Gasteiger partial charge in [0.2, 0.25) is 0 Å². The van der Waals surface area contributed by atoms with Gasteiger partial charge in [-0.2, -0.15) is 0 Å². The van der Waals surface area contributed by atoms with Gasteiger partial charge in [0.1, 0.15) is 5.52 Å². The lowest BCUT2D eigenvalue weighted by Crippen LogP contribution is -2.26. The second-order valence-electron chi connectivity index (χ2n) is 6.32. The number of benzene rings is 1. The smallest absolute Gasteiger partial charge is 0.278 e. The molecule has 0 bridgehead atoms. The maximum atomic E-state index is 12.9. The quantitative estimate of drug-likeness (QED) is 0.545. The monoisotopic (exact) mass is 341 g/mol. The molecule has 0 saturated heterocycles. The number of rotatable bonds is 5. The Balaban J connectivity index is 2.03. The molecule has 0 amide bonds. The van der Waals surface area contributed by atoms with Gasteiger partial charge in [-0.3, -0.25) is 9.36 Å². The van der Waals surface area contributed by atoms with Crippen LogP contribution in [0.25, 0.3) is 11.0 Å². The minimum atomic E-state index is 0.0224. The summed E-state index contributed by atoms with van der Waals surface area (Å²) in [5.74, 6) is 0.805. The molecule has 0 spiro atoms. The maximum absolute atomic E-state index is 12.9. The van der Waals surface area contributed by atoms with E-state index >= 15 is 0 Å². The van der Waals surface area contributed by atoms with Crippen molar-refractivity contribution in [1.29, 1.82) is 0 Å². The van der Waals surface area contributed by atoms with Gasteiger partial charge in [-0.25, -0.2) is 4.98 Å². The van der Waals surface area contributed by atoms with Gasteiger partial charge in [0.05, 0.1) is 5.52 Å². The number of fused-ring (bicyclic) bond motifs is 1. The molecule has 3 aromatic rings. The number of aromatic amines is 1. The summed E-state index contributed by atoms with van der Waals surface area (Å²) in [6.07, 6.45) is 0.894. The molecule has 1 N–H and O–H groups in total. The second-order valence-corrected chi connectivity index (χ2v) is 7.26. The molecule has 0 fully saturated rings. The molecule has 2 aromatic heterocycles. The third kappa shape index (κ3) is 3.26. The third-order valence-corrected chi connectivity index (χ3v) is 5.29. The van der Waals surface area contributed by atoms with E-state index in [4.69, 9.17) is 4.98 Å². The van der Waals surface area contributed by atoms with Gasteiger partial charge >= 0.3 is 0 Å². The topological polar surface area (TPSA) is 50.7 Å². The summed E-state index contributed by atoms with van der Waals surface area (Å²) in [4.78, 5) is 20.8. The number of thioether (sulfide) groups is 1. The van der Waals surface area contributed by atoms with Crippen LogP contribution >= 0.6 is 11.8 Å². The van der Waals surface area contributed by atoms with Gasteiger partial charge in [0.15, 0.2) is 5.16 Å². The van der Waals surface area contributed by atoms with Crippen LogP contribution in [0.15, 0.2) is 40.3 Å². The lowest BCUT2D eigenvalue weighted by atomic mass is 10.2. The molecule has 0 radical (unpaired) electrons. The molecular weight excluding hydrogens is 318 g/mol. The van der Waals surface area contributed by atoms with Gasteiger partial charge in [-0.05, 0) is 38.8 Å². The van der Waals surface area contributed by atoms with Crippen molar-refractivity contribution in [1.82, 2.24) is 14.5 Å². The van der Waals surface area contributed by atoms with Crippen molar-refractivity contribution in [2.75, 3.05) is 0 Å². The van der Waals surface area contributed by atoms with Gasteiger partial charge in [0.25, 0.3) is 5.56 Å². The second kappa shape index (κ2) is 6.85. The van der Waals surface area contributed by atoms with Crippen molar-refractivity contribution in [3.05, 3.63) is 57.5 Å². The molecule has 5 heteroatoms. The summed E-state index contributed by atoms with van der Waals surface area (Å²) < 4.78 is 1.83. The summed E-state index contributed by atoms with van der Waals surface area (Å²) in [5.41, 5.74) is 4.84. The van der Waals surface area contributed by atoms with Crippen molar-refractivity contribution in [3.63, 3.8) is 0 Å². The fraction of sp³-hybridized carbons (Fsp3) is 0.368. The standard InChI is InChI=1S/C19H23N3OS/c1-5-14(4)22-18(23)17-16(10-13(3)20-17)21-19(22)24-11-15-8-6-7-12(2)9-15/h6-10,14,20H,5,11H2,1-4H3. The van der Waals surface area contributed by atoms with Crippen LogP contribution in [0.5, 0.6) is 0 Å². The molecular formula is C19H23N3OS. The van der Waals surface area contributed by atoms with Crippen molar-refractivity contribution >= 4 is 22.8 Å². The maximum Gasteiger partial charge on any atom is 0.278 e. The van der Waals surface area contributed by atoms with Crippen LogP contribution in [0.3, 0.4) is 0 Å². The average molecular weight is 341 g/mol. The highest BCUT2D eigenvalue weighted by Crippen LogP contribution is 2.25. The Morgan fingerprint density at radius 3 is 2.79 bits per heavy atom. The molecule has 126 valence electrons. The van der Waals surface area contributed by atoms with Crippen molar-refractivity contribution < 1.29 is 0 Å². The molecule has 1 unspecified atom stereocenters. The predicted octanol–water partition coefficient (Wildman–Crippen LogP) is 4.60. The number of hydrogen-bond acceptors (Lipinski definition) is 3. The Morgan fingerprint density at radius 2 is 2.08 bits per heavy atom. The molecule has 3 rings (SSSR count). The predicted molar refractivity (Wildman–Crippen MR) is 101 cm³/mol. The Hall–Kier alpha value is -2.01. The van der Waals surface area contributed by atoms with Crippen LogP contribution in [-0.2, 0) is 5.75 Å². The first kappa shape index (κ1) is 16.8. The van der Waals surface area contributed by atoms with E-state index in [1.54, 1.807) is 11.8 Å². The fourth-order valence-electron chi connectivity index (χ4n) is 2.81. The van der Waals surface area contributed by atoms with Crippen LogP contribution in [0.1, 0.15) is 43.1 Å². The minimum absolute atomic E-state index is 0.0224. The first-order valence-electron chi connectivity index (χ1n) is 8.29. The molecule has 1 aromatic carbocycles. The fourth-order valence-corrected chi connectivity index (χ4v) is 3.85. The van der Waals surface area contributed by atoms with E-state index in [1.165, 1.54) is 11.1 Å². The average Bonchev–Trinajstić information content (AvgIpc) is 2.93. The number of aromatic nitrogens is 3. The summed E-state index contributed by atoms with van der Waals surface area (Å²) >= 11 is 1.63. The zero-order valence-electron chi connectivity index (χ0n) is 14.6. The molecule has 24 heavy (non-hydrogen) atoms. The van der Waals surface area contributed by atoms with Crippen molar-refractivity contribution in [3.8, 4) is 0 Å². The van der Waals surface area contributed by atoms with Crippen LogP contribution in [-0.4, -0.2) is 14.5 Å². The molecule has 0 saturated carbocycles. The lowest BCUT2D eigenvalue weighted by molar-refractivity contribution is 0.468. The number of aryl methyl sites for hydroxylation is 2.